The number of hydrogen-bond donors (Lipinski definition) is 2. The van der Waals surface area contributed by atoms with E-state index >= 15 is 0 Å². The van der Waals surface area contributed by atoms with Gasteiger partial charge < -0.3 is 20.8 Å². The van der Waals surface area contributed by atoms with Gasteiger partial charge in [0.25, 0.3) is 0 Å². The minimum Gasteiger partial charge on any atom is -0.662 e. The summed E-state index contributed by atoms with van der Waals surface area (Å²) in [6.07, 6.45) is 3.33. The summed E-state index contributed by atoms with van der Waals surface area (Å²) >= 11 is 0. The third-order valence-electron chi connectivity index (χ3n) is 3.52. The zero-order valence-electron chi connectivity index (χ0n) is 14.7. The van der Waals surface area contributed by atoms with Crippen molar-refractivity contribution in [3.05, 3.63) is 70.3 Å². The lowest BCUT2D eigenvalue weighted by atomic mass is 10.2. The van der Waals surface area contributed by atoms with Gasteiger partial charge in [-0.2, -0.15) is 13.1 Å². The Morgan fingerprint density at radius 2 is 1.08 bits per heavy atom. The molecule has 0 spiro atoms. The van der Waals surface area contributed by atoms with Gasteiger partial charge in [0.1, 0.15) is 11.5 Å². The van der Waals surface area contributed by atoms with Gasteiger partial charge in [0.15, 0.2) is 0 Å². The van der Waals surface area contributed by atoms with E-state index in [1.807, 2.05) is 24.3 Å². The first kappa shape index (κ1) is 19.6. The lowest BCUT2D eigenvalue weighted by Gasteiger charge is -2.25. The average molecular weight is 352 g/mol. The standard InChI is InChI=1S/C20H24N4O2/c25-19-7-3-1-5-17(19)15-23-13-11-21-9-10-22-12-14-24-16-18-6-2-4-8-20(18)26/h1-8,15-16,25-26H,9-14H2/q-2. The second-order valence-corrected chi connectivity index (χ2v) is 5.53. The van der Waals surface area contributed by atoms with Crippen molar-refractivity contribution in [3.8, 4) is 11.5 Å². The van der Waals surface area contributed by atoms with E-state index in [1.54, 1.807) is 36.7 Å². The van der Waals surface area contributed by atoms with Crippen LogP contribution in [0, 0.1) is 0 Å². The summed E-state index contributed by atoms with van der Waals surface area (Å²) in [6, 6.07) is 14.2. The summed E-state index contributed by atoms with van der Waals surface area (Å²) in [7, 11) is 0. The summed E-state index contributed by atoms with van der Waals surface area (Å²) in [5, 5.41) is 27.9. The number of rotatable bonds is 11. The molecule has 0 atom stereocenters. The fraction of sp³-hybridized carbons (Fsp3) is 0.300. The lowest BCUT2D eigenvalue weighted by Crippen LogP contribution is -2.00. The third kappa shape index (κ3) is 7.46. The van der Waals surface area contributed by atoms with E-state index in [0.717, 1.165) is 0 Å². The number of phenolic OH excluding ortho intramolecular Hbond substituents is 2. The normalized spacial score (nSPS) is 11.5. The fourth-order valence-corrected chi connectivity index (χ4v) is 2.14. The molecule has 0 fully saturated rings. The van der Waals surface area contributed by atoms with Crippen LogP contribution in [0.3, 0.4) is 0 Å². The van der Waals surface area contributed by atoms with Gasteiger partial charge in [-0.05, 0) is 24.3 Å². The molecule has 0 aliphatic carbocycles. The van der Waals surface area contributed by atoms with Crippen molar-refractivity contribution in [1.29, 1.82) is 0 Å². The Balaban J connectivity index is 1.46. The maximum Gasteiger partial charge on any atom is 0.124 e. The number of para-hydroxylation sites is 2. The third-order valence-corrected chi connectivity index (χ3v) is 3.52. The highest BCUT2D eigenvalue weighted by atomic mass is 16.3. The van der Waals surface area contributed by atoms with Crippen LogP contribution in [0.15, 0.2) is 58.5 Å². The van der Waals surface area contributed by atoms with E-state index in [1.165, 1.54) is 0 Å². The Labute approximate surface area is 154 Å². The maximum atomic E-state index is 9.60. The van der Waals surface area contributed by atoms with Crippen molar-refractivity contribution in [2.75, 3.05) is 39.3 Å². The number of aromatic hydroxyl groups is 2. The highest BCUT2D eigenvalue weighted by molar-refractivity contribution is 5.83. The number of phenols is 2. The maximum absolute atomic E-state index is 9.60. The van der Waals surface area contributed by atoms with Gasteiger partial charge in [-0.25, -0.2) is 0 Å². The first-order valence-corrected chi connectivity index (χ1v) is 8.59. The molecule has 0 aromatic heterocycles. The summed E-state index contributed by atoms with van der Waals surface area (Å²) in [5.41, 5.74) is 1.43. The molecule has 0 saturated heterocycles. The summed E-state index contributed by atoms with van der Waals surface area (Å²) in [5.74, 6) is 0.467. The van der Waals surface area contributed by atoms with E-state index in [0.29, 0.717) is 50.4 Å². The minimum absolute atomic E-state index is 0.233. The molecule has 6 heteroatoms. The molecular weight excluding hydrogens is 328 g/mol. The van der Waals surface area contributed by atoms with Crippen molar-refractivity contribution in [2.24, 2.45) is 9.98 Å². The number of benzene rings is 2. The molecule has 0 aliphatic heterocycles. The monoisotopic (exact) mass is 352 g/mol. The molecule has 6 nitrogen and oxygen atoms in total. The SMILES string of the molecule is Oc1ccccc1C=NCC[N-]CC[N-]CCN=Cc1ccccc1O. The van der Waals surface area contributed by atoms with Crippen molar-refractivity contribution in [3.63, 3.8) is 0 Å². The molecule has 0 amide bonds. The molecule has 0 bridgehead atoms. The van der Waals surface area contributed by atoms with Crippen LogP contribution in [-0.2, 0) is 0 Å². The summed E-state index contributed by atoms with van der Waals surface area (Å²) < 4.78 is 0. The predicted molar refractivity (Wildman–Crippen MR) is 107 cm³/mol. The second kappa shape index (κ2) is 11.8. The van der Waals surface area contributed by atoms with Crippen LogP contribution in [0.25, 0.3) is 10.6 Å². The molecular formula is C20H24N4O2-2. The lowest BCUT2D eigenvalue weighted by molar-refractivity contribution is 0.474. The number of hydrogen-bond acceptors (Lipinski definition) is 4. The smallest absolute Gasteiger partial charge is 0.124 e. The summed E-state index contributed by atoms with van der Waals surface area (Å²) in [4.78, 5) is 8.50. The highest BCUT2D eigenvalue weighted by Crippen LogP contribution is 2.13. The fourth-order valence-electron chi connectivity index (χ4n) is 2.14. The number of nitrogens with zero attached hydrogens (tertiary/aromatic N) is 4. The molecule has 0 unspecified atom stereocenters. The molecule has 26 heavy (non-hydrogen) atoms. The van der Waals surface area contributed by atoms with Gasteiger partial charge in [-0.3, -0.25) is 9.98 Å². The molecule has 0 heterocycles. The van der Waals surface area contributed by atoms with Crippen LogP contribution in [0.1, 0.15) is 11.1 Å². The van der Waals surface area contributed by atoms with Gasteiger partial charge in [-0.1, -0.05) is 24.3 Å². The molecule has 2 rings (SSSR count). The van der Waals surface area contributed by atoms with Crippen LogP contribution in [-0.4, -0.2) is 61.9 Å². The zero-order valence-corrected chi connectivity index (χ0v) is 14.7. The molecule has 138 valence electrons. The van der Waals surface area contributed by atoms with E-state index in [-0.39, 0.29) is 11.5 Å². The van der Waals surface area contributed by atoms with Crippen molar-refractivity contribution >= 4 is 12.4 Å². The topological polar surface area (TPSA) is 93.4 Å². The highest BCUT2D eigenvalue weighted by Gasteiger charge is 1.93. The first-order chi connectivity index (χ1) is 12.8. The molecule has 0 radical (unpaired) electrons. The van der Waals surface area contributed by atoms with Gasteiger partial charge in [0.05, 0.1) is 0 Å². The minimum atomic E-state index is 0.233. The second-order valence-electron chi connectivity index (χ2n) is 5.53. The first-order valence-electron chi connectivity index (χ1n) is 8.59. The Morgan fingerprint density at radius 1 is 0.654 bits per heavy atom. The Bertz CT molecular complexity index is 655. The van der Waals surface area contributed by atoms with Gasteiger partial charge >= 0.3 is 0 Å². The molecule has 2 aromatic rings. The van der Waals surface area contributed by atoms with Crippen LogP contribution < -0.4 is 0 Å². The quantitative estimate of drug-likeness (QED) is 0.479. The van der Waals surface area contributed by atoms with E-state index in [9.17, 15) is 10.2 Å². The van der Waals surface area contributed by atoms with E-state index in [4.69, 9.17) is 0 Å². The molecule has 0 saturated carbocycles. The molecule has 2 aromatic carbocycles. The van der Waals surface area contributed by atoms with Gasteiger partial charge in [0, 0.05) is 36.6 Å². The van der Waals surface area contributed by atoms with Crippen LogP contribution in [0.2, 0.25) is 0 Å². The van der Waals surface area contributed by atoms with Crippen molar-refractivity contribution in [1.82, 2.24) is 0 Å². The van der Waals surface area contributed by atoms with Crippen molar-refractivity contribution in [2.45, 2.75) is 0 Å². The van der Waals surface area contributed by atoms with E-state index in [2.05, 4.69) is 20.6 Å². The van der Waals surface area contributed by atoms with Gasteiger partial charge in [-0.15, -0.1) is 13.1 Å². The Morgan fingerprint density at radius 3 is 1.50 bits per heavy atom. The van der Waals surface area contributed by atoms with Crippen LogP contribution in [0.4, 0.5) is 0 Å². The molecule has 2 N–H and O–H groups in total. The Hall–Kier alpha value is -2.70. The summed E-state index contributed by atoms with van der Waals surface area (Å²) in [6.45, 7) is 3.83. The zero-order chi connectivity index (χ0) is 18.5. The van der Waals surface area contributed by atoms with Crippen molar-refractivity contribution < 1.29 is 10.2 Å². The Kier molecular flexibility index (Phi) is 8.89. The van der Waals surface area contributed by atoms with E-state index < -0.39 is 0 Å². The van der Waals surface area contributed by atoms with Gasteiger partial charge in [0.2, 0.25) is 0 Å². The number of aliphatic imine (C=N–C) groups is 2. The largest absolute Gasteiger partial charge is 0.662 e. The molecule has 0 aliphatic rings. The average Bonchev–Trinajstić information content (AvgIpc) is 2.65. The van der Waals surface area contributed by atoms with Crippen LogP contribution >= 0.6 is 0 Å². The predicted octanol–water partition coefficient (Wildman–Crippen LogP) is 3.38. The van der Waals surface area contributed by atoms with Crippen LogP contribution in [0.5, 0.6) is 11.5 Å².